The highest BCUT2D eigenvalue weighted by molar-refractivity contribution is 7.97. The van der Waals surface area contributed by atoms with Crippen LogP contribution in [0.25, 0.3) is 0 Å². The molecule has 1 aromatic heterocycles. The van der Waals surface area contributed by atoms with Gasteiger partial charge in [-0.2, -0.15) is 0 Å². The molecule has 0 unspecified atom stereocenters. The first kappa shape index (κ1) is 9.39. The molecule has 12 heavy (non-hydrogen) atoms. The van der Waals surface area contributed by atoms with E-state index in [4.69, 9.17) is 0 Å². The Kier molecular flexibility index (Phi) is 2.98. The molecule has 0 aliphatic carbocycles. The van der Waals surface area contributed by atoms with Crippen LogP contribution in [0.1, 0.15) is 25.3 Å². The smallest absolute Gasteiger partial charge is 0.263 e. The SMILES string of the molecule is CSn1cccc(C(C)C)c1=O. The zero-order valence-corrected chi connectivity index (χ0v) is 8.39. The van der Waals surface area contributed by atoms with Crippen molar-refractivity contribution in [3.05, 3.63) is 34.2 Å². The van der Waals surface area contributed by atoms with Gasteiger partial charge < -0.3 is 0 Å². The van der Waals surface area contributed by atoms with Crippen molar-refractivity contribution in [3.63, 3.8) is 0 Å². The highest BCUT2D eigenvalue weighted by Gasteiger charge is 2.05. The molecule has 0 aromatic carbocycles. The highest BCUT2D eigenvalue weighted by atomic mass is 32.2. The Morgan fingerprint density at radius 3 is 2.67 bits per heavy atom. The van der Waals surface area contributed by atoms with Crippen molar-refractivity contribution in [1.82, 2.24) is 3.97 Å². The number of hydrogen-bond donors (Lipinski definition) is 0. The van der Waals surface area contributed by atoms with Crippen molar-refractivity contribution < 1.29 is 0 Å². The summed E-state index contributed by atoms with van der Waals surface area (Å²) >= 11 is 1.43. The first-order valence-electron chi connectivity index (χ1n) is 3.93. The van der Waals surface area contributed by atoms with E-state index in [1.165, 1.54) is 11.9 Å². The predicted molar refractivity (Wildman–Crippen MR) is 53.7 cm³/mol. The quantitative estimate of drug-likeness (QED) is 0.700. The molecule has 0 aliphatic heterocycles. The van der Waals surface area contributed by atoms with Gasteiger partial charge in [0.15, 0.2) is 0 Å². The summed E-state index contributed by atoms with van der Waals surface area (Å²) in [5.74, 6) is 0.303. The Labute approximate surface area is 76.7 Å². The monoisotopic (exact) mass is 183 g/mol. The van der Waals surface area contributed by atoms with Crippen molar-refractivity contribution in [2.75, 3.05) is 6.26 Å². The topological polar surface area (TPSA) is 22.0 Å². The van der Waals surface area contributed by atoms with Gasteiger partial charge in [-0.15, -0.1) is 0 Å². The summed E-state index contributed by atoms with van der Waals surface area (Å²) < 4.78 is 1.65. The second-order valence-corrected chi connectivity index (χ2v) is 3.69. The van der Waals surface area contributed by atoms with E-state index in [9.17, 15) is 4.79 Å². The molecule has 1 rings (SSSR count). The van der Waals surface area contributed by atoms with Gasteiger partial charge in [0.1, 0.15) is 0 Å². The minimum atomic E-state index is 0.111. The molecular weight excluding hydrogens is 170 g/mol. The molecule has 1 heterocycles. The second kappa shape index (κ2) is 3.81. The van der Waals surface area contributed by atoms with Crippen LogP contribution in [0.3, 0.4) is 0 Å². The maximum atomic E-state index is 11.6. The largest absolute Gasteiger partial charge is 0.268 e. The van der Waals surface area contributed by atoms with Crippen LogP contribution in [0.4, 0.5) is 0 Å². The third-order valence-corrected chi connectivity index (χ3v) is 2.44. The zero-order chi connectivity index (χ0) is 9.14. The molecule has 0 saturated heterocycles. The molecule has 66 valence electrons. The van der Waals surface area contributed by atoms with Crippen LogP contribution in [0.5, 0.6) is 0 Å². The fourth-order valence-corrected chi connectivity index (χ4v) is 1.54. The van der Waals surface area contributed by atoms with E-state index < -0.39 is 0 Å². The van der Waals surface area contributed by atoms with E-state index in [2.05, 4.69) is 0 Å². The number of hydrogen-bond acceptors (Lipinski definition) is 2. The van der Waals surface area contributed by atoms with Crippen LogP contribution >= 0.6 is 11.9 Å². The third kappa shape index (κ3) is 1.72. The Balaban J connectivity index is 3.24. The molecule has 3 heteroatoms. The van der Waals surface area contributed by atoms with Crippen LogP contribution < -0.4 is 5.56 Å². The molecule has 1 aromatic rings. The van der Waals surface area contributed by atoms with Crippen molar-refractivity contribution >= 4 is 11.9 Å². The molecular formula is C9H13NOS. The van der Waals surface area contributed by atoms with Crippen LogP contribution in [0, 0.1) is 0 Å². The summed E-state index contributed by atoms with van der Waals surface area (Å²) in [6, 6.07) is 3.80. The fourth-order valence-electron chi connectivity index (χ4n) is 1.07. The maximum absolute atomic E-state index is 11.6. The molecule has 0 radical (unpaired) electrons. The van der Waals surface area contributed by atoms with Crippen LogP contribution in [0.2, 0.25) is 0 Å². The molecule has 0 bridgehead atoms. The van der Waals surface area contributed by atoms with Gasteiger partial charge in [-0.3, -0.25) is 8.77 Å². The lowest BCUT2D eigenvalue weighted by molar-refractivity contribution is 0.838. The molecule has 0 atom stereocenters. The van der Waals surface area contributed by atoms with Crippen LogP contribution in [0.15, 0.2) is 23.1 Å². The average Bonchev–Trinajstić information content (AvgIpc) is 2.04. The first-order chi connectivity index (χ1) is 5.66. The number of pyridine rings is 1. The van der Waals surface area contributed by atoms with E-state index in [1.54, 1.807) is 10.2 Å². The summed E-state index contributed by atoms with van der Waals surface area (Å²) in [5, 5.41) is 0. The average molecular weight is 183 g/mol. The lowest BCUT2D eigenvalue weighted by Gasteiger charge is -2.06. The van der Waals surface area contributed by atoms with E-state index in [0.29, 0.717) is 5.92 Å². The van der Waals surface area contributed by atoms with Gasteiger partial charge in [-0.05, 0) is 23.9 Å². The normalized spacial score (nSPS) is 10.7. The molecule has 2 nitrogen and oxygen atoms in total. The third-order valence-electron chi connectivity index (χ3n) is 1.76. The lowest BCUT2D eigenvalue weighted by Crippen LogP contribution is -2.19. The molecule has 0 fully saturated rings. The van der Waals surface area contributed by atoms with Gasteiger partial charge in [0.2, 0.25) is 0 Å². The lowest BCUT2D eigenvalue weighted by atomic mass is 10.1. The molecule has 0 spiro atoms. The molecule has 0 aliphatic rings. The summed E-state index contributed by atoms with van der Waals surface area (Å²) in [5.41, 5.74) is 0.992. The Morgan fingerprint density at radius 2 is 2.17 bits per heavy atom. The minimum Gasteiger partial charge on any atom is -0.268 e. The highest BCUT2D eigenvalue weighted by Crippen LogP contribution is 2.09. The van der Waals surface area contributed by atoms with Gasteiger partial charge in [0, 0.05) is 18.0 Å². The van der Waals surface area contributed by atoms with Crippen molar-refractivity contribution in [2.24, 2.45) is 0 Å². The second-order valence-electron chi connectivity index (χ2n) is 2.93. The van der Waals surface area contributed by atoms with Gasteiger partial charge in [-0.25, -0.2) is 0 Å². The number of nitrogens with zero attached hydrogens (tertiary/aromatic N) is 1. The Hall–Kier alpha value is -0.700. The summed E-state index contributed by atoms with van der Waals surface area (Å²) in [6.07, 6.45) is 3.68. The first-order valence-corrected chi connectivity index (χ1v) is 5.11. The van der Waals surface area contributed by atoms with E-state index in [0.717, 1.165) is 5.56 Å². The van der Waals surface area contributed by atoms with E-state index in [-0.39, 0.29) is 5.56 Å². The van der Waals surface area contributed by atoms with Crippen molar-refractivity contribution in [3.8, 4) is 0 Å². The Morgan fingerprint density at radius 1 is 1.50 bits per heavy atom. The Bertz CT molecular complexity index is 317. The maximum Gasteiger partial charge on any atom is 0.263 e. The van der Waals surface area contributed by atoms with Gasteiger partial charge >= 0.3 is 0 Å². The van der Waals surface area contributed by atoms with E-state index >= 15 is 0 Å². The van der Waals surface area contributed by atoms with Crippen LogP contribution in [-0.2, 0) is 0 Å². The van der Waals surface area contributed by atoms with Gasteiger partial charge in [-0.1, -0.05) is 19.9 Å². The van der Waals surface area contributed by atoms with Gasteiger partial charge in [0.05, 0.1) is 0 Å². The standard InChI is InChI=1S/C9H13NOS/c1-7(2)8-5-4-6-10(12-3)9(8)11/h4-7H,1-3H3. The van der Waals surface area contributed by atoms with Crippen molar-refractivity contribution in [1.29, 1.82) is 0 Å². The summed E-state index contributed by atoms with van der Waals surface area (Å²) in [4.78, 5) is 11.6. The predicted octanol–water partition coefficient (Wildman–Crippen LogP) is 2.10. The summed E-state index contributed by atoms with van der Waals surface area (Å²) in [7, 11) is 0. The number of rotatable bonds is 2. The fraction of sp³-hybridized carbons (Fsp3) is 0.444. The molecule has 0 N–H and O–H groups in total. The minimum absolute atomic E-state index is 0.111. The van der Waals surface area contributed by atoms with E-state index in [1.807, 2.05) is 32.2 Å². The van der Waals surface area contributed by atoms with Crippen LogP contribution in [-0.4, -0.2) is 10.2 Å². The zero-order valence-electron chi connectivity index (χ0n) is 7.57. The van der Waals surface area contributed by atoms with Gasteiger partial charge in [0.25, 0.3) is 5.56 Å². The number of aromatic nitrogens is 1. The van der Waals surface area contributed by atoms with Crippen molar-refractivity contribution in [2.45, 2.75) is 19.8 Å². The molecule has 0 saturated carbocycles. The molecule has 0 amide bonds. The summed E-state index contributed by atoms with van der Waals surface area (Å²) in [6.45, 7) is 4.06.